The van der Waals surface area contributed by atoms with E-state index in [1.54, 1.807) is 30.4 Å². The lowest BCUT2D eigenvalue weighted by molar-refractivity contribution is -0.0622. The Morgan fingerprint density at radius 1 is 1.02 bits per heavy atom. The number of aliphatic hydroxyl groups excluding tert-OH is 1. The van der Waals surface area contributed by atoms with Gasteiger partial charge >= 0.3 is 0 Å². The summed E-state index contributed by atoms with van der Waals surface area (Å²) in [5.74, 6) is 2.07. The van der Waals surface area contributed by atoms with Crippen molar-refractivity contribution in [2.24, 2.45) is 7.05 Å². The number of aromatic nitrogens is 4. The maximum atomic E-state index is 13.9. The molecule has 262 valence electrons. The normalized spacial score (nSPS) is 19.5. The van der Waals surface area contributed by atoms with Gasteiger partial charge in [0.15, 0.2) is 0 Å². The Kier molecular flexibility index (Phi) is 8.70. The summed E-state index contributed by atoms with van der Waals surface area (Å²) in [7, 11) is 1.71. The van der Waals surface area contributed by atoms with E-state index in [2.05, 4.69) is 49.6 Å². The first-order valence-electron chi connectivity index (χ1n) is 18.0. The van der Waals surface area contributed by atoms with Gasteiger partial charge in [-0.25, -0.2) is 9.97 Å². The van der Waals surface area contributed by atoms with Crippen molar-refractivity contribution in [2.45, 2.75) is 64.1 Å². The van der Waals surface area contributed by atoms with Crippen LogP contribution >= 0.6 is 0 Å². The number of pyridine rings is 3. The van der Waals surface area contributed by atoms with Gasteiger partial charge in [-0.3, -0.25) is 19.4 Å². The molecule has 4 aromatic rings. The summed E-state index contributed by atoms with van der Waals surface area (Å²) in [4.78, 5) is 43.0. The summed E-state index contributed by atoms with van der Waals surface area (Å²) in [5, 5.41) is 13.9. The van der Waals surface area contributed by atoms with E-state index in [1.807, 2.05) is 24.4 Å². The molecule has 4 aliphatic rings. The predicted octanol–water partition coefficient (Wildman–Crippen LogP) is 4.45. The zero-order valence-corrected chi connectivity index (χ0v) is 29.1. The first kappa shape index (κ1) is 32.7. The summed E-state index contributed by atoms with van der Waals surface area (Å²) in [6.45, 7) is 10.5. The molecule has 2 fully saturated rings. The topological polar surface area (TPSA) is 121 Å². The minimum absolute atomic E-state index is 0.0842. The average molecular weight is 679 g/mol. The molecule has 1 saturated carbocycles. The SMILES string of the molecule is CCN(CCN(CC)C1COC1)c1ccc(Nc2cc(-c3ccnc(N4CCn5c(cc6c5[C@@H]5CC[C@H]6C5)C4=O)c3CO)cn(C)c2=O)nc1. The average Bonchev–Trinajstić information content (AvgIpc) is 3.84. The fraction of sp³-hybridized carbons (Fsp3) is 0.474. The van der Waals surface area contributed by atoms with Crippen molar-refractivity contribution in [2.75, 3.05) is 61.1 Å². The van der Waals surface area contributed by atoms with Crippen molar-refractivity contribution in [1.82, 2.24) is 24.0 Å². The Labute approximate surface area is 292 Å². The van der Waals surface area contributed by atoms with Crippen LogP contribution in [0.1, 0.15) is 72.3 Å². The van der Waals surface area contributed by atoms with Gasteiger partial charge in [0.2, 0.25) is 0 Å². The van der Waals surface area contributed by atoms with Gasteiger partial charge in [0, 0.05) is 74.9 Å². The van der Waals surface area contributed by atoms with Crippen LogP contribution in [0.2, 0.25) is 0 Å². The monoisotopic (exact) mass is 678 g/mol. The number of anilines is 4. The molecule has 0 aromatic carbocycles. The molecule has 4 aromatic heterocycles. The minimum Gasteiger partial charge on any atom is -0.392 e. The highest BCUT2D eigenvalue weighted by atomic mass is 16.5. The van der Waals surface area contributed by atoms with Crippen molar-refractivity contribution in [3.63, 3.8) is 0 Å². The quantitative estimate of drug-likeness (QED) is 0.224. The Bertz CT molecular complexity index is 1970. The van der Waals surface area contributed by atoms with E-state index in [1.165, 1.54) is 35.1 Å². The smallest absolute Gasteiger partial charge is 0.276 e. The molecular weight excluding hydrogens is 632 g/mol. The number of hydrogen-bond donors (Lipinski definition) is 2. The van der Waals surface area contributed by atoms with Gasteiger partial charge in [0.05, 0.1) is 37.7 Å². The number of hydrogen-bond acceptors (Lipinski definition) is 9. The fourth-order valence-electron chi connectivity index (χ4n) is 8.57. The second-order valence-corrected chi connectivity index (χ2v) is 14.0. The molecule has 0 spiro atoms. The number of likely N-dealkylation sites (N-methyl/N-ethyl adjacent to an activating group) is 2. The van der Waals surface area contributed by atoms with Crippen molar-refractivity contribution < 1.29 is 14.6 Å². The molecular formula is C38H46N8O4. The highest BCUT2D eigenvalue weighted by molar-refractivity contribution is 6.06. The number of aliphatic hydroxyl groups is 1. The number of amides is 1. The van der Waals surface area contributed by atoms with E-state index in [-0.39, 0.29) is 18.1 Å². The van der Waals surface area contributed by atoms with Crippen LogP contribution in [0.3, 0.4) is 0 Å². The van der Waals surface area contributed by atoms with Crippen LogP contribution in [0, 0.1) is 0 Å². The van der Waals surface area contributed by atoms with Gasteiger partial charge < -0.3 is 29.2 Å². The van der Waals surface area contributed by atoms with Crippen LogP contribution < -0.4 is 20.7 Å². The van der Waals surface area contributed by atoms with Gasteiger partial charge in [0.1, 0.15) is 23.0 Å². The molecule has 8 rings (SSSR count). The molecule has 2 N–H and O–H groups in total. The number of nitrogens with one attached hydrogen (secondary N) is 1. The van der Waals surface area contributed by atoms with Crippen molar-refractivity contribution in [3.8, 4) is 11.1 Å². The first-order valence-corrected chi connectivity index (χ1v) is 18.0. The maximum Gasteiger partial charge on any atom is 0.276 e. The zero-order valence-electron chi connectivity index (χ0n) is 29.1. The van der Waals surface area contributed by atoms with Gasteiger partial charge in [-0.1, -0.05) is 6.92 Å². The van der Waals surface area contributed by atoms with Crippen LogP contribution in [0.15, 0.2) is 53.7 Å². The lowest BCUT2D eigenvalue weighted by Crippen LogP contribution is -2.51. The van der Waals surface area contributed by atoms with Gasteiger partial charge in [-0.05, 0) is 80.1 Å². The summed E-state index contributed by atoms with van der Waals surface area (Å²) in [6.07, 6.45) is 8.89. The Hall–Kier alpha value is -4.52. The molecule has 2 aliphatic carbocycles. The molecule has 1 saturated heterocycles. The van der Waals surface area contributed by atoms with Crippen LogP contribution in [0.5, 0.6) is 0 Å². The Morgan fingerprint density at radius 2 is 1.86 bits per heavy atom. The molecule has 0 unspecified atom stereocenters. The largest absolute Gasteiger partial charge is 0.392 e. The van der Waals surface area contributed by atoms with Crippen molar-refractivity contribution in [1.29, 1.82) is 0 Å². The number of ether oxygens (including phenoxy) is 1. The Balaban J connectivity index is 1.03. The molecule has 1 amide bonds. The highest BCUT2D eigenvalue weighted by Gasteiger charge is 2.43. The maximum absolute atomic E-state index is 13.9. The lowest BCUT2D eigenvalue weighted by Gasteiger charge is -2.38. The van der Waals surface area contributed by atoms with Crippen LogP contribution in [-0.4, -0.2) is 87.0 Å². The number of nitrogens with zero attached hydrogens (tertiary/aromatic N) is 7. The highest BCUT2D eigenvalue weighted by Crippen LogP contribution is 2.54. The summed E-state index contributed by atoms with van der Waals surface area (Å²) in [5.41, 5.74) is 6.59. The number of carbonyl (C=O) groups is 1. The number of rotatable bonds is 12. The summed E-state index contributed by atoms with van der Waals surface area (Å²) in [6, 6.07) is 10.1. The second kappa shape index (κ2) is 13.3. The number of carbonyl (C=O) groups excluding carboxylic acids is 1. The number of fused-ring (bicyclic) bond motifs is 7. The van der Waals surface area contributed by atoms with Gasteiger partial charge in [-0.2, -0.15) is 0 Å². The van der Waals surface area contributed by atoms with E-state index in [9.17, 15) is 14.7 Å². The molecule has 2 aliphatic heterocycles. The first-order chi connectivity index (χ1) is 24.4. The van der Waals surface area contributed by atoms with E-state index in [4.69, 9.17) is 4.74 Å². The second-order valence-electron chi connectivity index (χ2n) is 14.0. The zero-order chi connectivity index (χ0) is 34.5. The van der Waals surface area contributed by atoms with Crippen LogP contribution in [-0.2, 0) is 24.9 Å². The lowest BCUT2D eigenvalue weighted by atomic mass is 9.98. The minimum atomic E-state index is -0.309. The Morgan fingerprint density at radius 3 is 2.58 bits per heavy atom. The molecule has 12 heteroatoms. The van der Waals surface area contributed by atoms with E-state index in [0.29, 0.717) is 59.4 Å². The molecule has 50 heavy (non-hydrogen) atoms. The summed E-state index contributed by atoms with van der Waals surface area (Å²) < 4.78 is 9.15. The molecule has 2 bridgehead atoms. The predicted molar refractivity (Wildman–Crippen MR) is 194 cm³/mol. The van der Waals surface area contributed by atoms with Crippen molar-refractivity contribution >= 4 is 28.9 Å². The van der Waals surface area contributed by atoms with Gasteiger partial charge in [-0.15, -0.1) is 0 Å². The molecule has 12 nitrogen and oxygen atoms in total. The third kappa shape index (κ3) is 5.59. The van der Waals surface area contributed by atoms with Crippen LogP contribution in [0.25, 0.3) is 11.1 Å². The van der Waals surface area contributed by atoms with E-state index in [0.717, 1.165) is 56.3 Å². The van der Waals surface area contributed by atoms with Gasteiger partial charge in [0.25, 0.3) is 11.5 Å². The third-order valence-corrected chi connectivity index (χ3v) is 11.3. The fourth-order valence-corrected chi connectivity index (χ4v) is 8.57. The summed E-state index contributed by atoms with van der Waals surface area (Å²) >= 11 is 0. The standard InChI is InChI=1S/C38H46N8O4/c1-4-43(12-13-44(5-2)28-22-50-23-28)27-8-9-34(40-19-27)41-32-17-26(20-42(3)37(32)48)29-10-11-39-36(31(29)21-47)46-15-14-45-33(38(46)49)18-30-24-6-7-25(16-24)35(30)45/h8-11,17-20,24-25,28,47H,4-7,12-16,21-23H2,1-3H3,(H,40,41)/t24-,25+/m0/s1. The molecule has 6 heterocycles. The van der Waals surface area contributed by atoms with E-state index >= 15 is 0 Å². The van der Waals surface area contributed by atoms with Crippen molar-refractivity contribution in [3.05, 3.63) is 81.8 Å². The van der Waals surface area contributed by atoms with E-state index < -0.39 is 0 Å². The third-order valence-electron chi connectivity index (χ3n) is 11.3. The molecule has 0 radical (unpaired) electrons. The van der Waals surface area contributed by atoms with Crippen LogP contribution in [0.4, 0.5) is 23.0 Å². The molecule has 2 atom stereocenters. The number of aryl methyl sites for hydroxylation is 1.